The van der Waals surface area contributed by atoms with Crippen LogP contribution in [0.3, 0.4) is 0 Å². The summed E-state index contributed by atoms with van der Waals surface area (Å²) in [5.41, 5.74) is 6.37. The van der Waals surface area contributed by atoms with Gasteiger partial charge in [0.15, 0.2) is 11.0 Å². The lowest BCUT2D eigenvalue weighted by molar-refractivity contribution is -0.115. The van der Waals surface area contributed by atoms with Crippen LogP contribution < -0.4 is 5.32 Å². The van der Waals surface area contributed by atoms with Crippen LogP contribution in [0, 0.1) is 13.8 Å². The number of nitrogens with one attached hydrogen (secondary N) is 1. The van der Waals surface area contributed by atoms with Crippen molar-refractivity contribution >= 4 is 23.4 Å². The van der Waals surface area contributed by atoms with E-state index < -0.39 is 0 Å². The SMILES string of the molecule is Cc1ccc(-n2c(SC(C)C(=O)Nc3ccc(C(C)(C)C)cc3)nnc2-c2cccc(C)c2)cc1. The van der Waals surface area contributed by atoms with Gasteiger partial charge in [-0.25, -0.2) is 0 Å². The van der Waals surface area contributed by atoms with E-state index in [0.717, 1.165) is 28.3 Å². The third kappa shape index (κ3) is 5.82. The maximum Gasteiger partial charge on any atom is 0.237 e. The number of amides is 1. The van der Waals surface area contributed by atoms with Crippen molar-refractivity contribution in [2.45, 2.75) is 57.4 Å². The van der Waals surface area contributed by atoms with Gasteiger partial charge in [-0.3, -0.25) is 9.36 Å². The van der Waals surface area contributed by atoms with Crippen molar-refractivity contribution in [3.8, 4) is 17.1 Å². The first kappa shape index (κ1) is 24.7. The molecule has 1 aromatic heterocycles. The van der Waals surface area contributed by atoms with E-state index in [1.54, 1.807) is 0 Å². The van der Waals surface area contributed by atoms with Crippen LogP contribution in [-0.4, -0.2) is 25.9 Å². The molecule has 0 aliphatic rings. The lowest BCUT2D eigenvalue weighted by atomic mass is 9.87. The molecule has 0 radical (unpaired) electrons. The van der Waals surface area contributed by atoms with Crippen LogP contribution in [0.4, 0.5) is 5.69 Å². The number of thioether (sulfide) groups is 1. The molecule has 1 atom stereocenters. The summed E-state index contributed by atoms with van der Waals surface area (Å²) in [6.07, 6.45) is 0. The minimum absolute atomic E-state index is 0.0702. The monoisotopic (exact) mass is 484 g/mol. The smallest absolute Gasteiger partial charge is 0.237 e. The van der Waals surface area contributed by atoms with E-state index in [2.05, 4.69) is 98.7 Å². The lowest BCUT2D eigenvalue weighted by Crippen LogP contribution is -2.23. The molecule has 0 aliphatic heterocycles. The summed E-state index contributed by atoms with van der Waals surface area (Å²) in [4.78, 5) is 13.0. The van der Waals surface area contributed by atoms with E-state index in [1.165, 1.54) is 22.9 Å². The molecule has 0 saturated carbocycles. The van der Waals surface area contributed by atoms with E-state index in [1.807, 2.05) is 35.8 Å². The van der Waals surface area contributed by atoms with Gasteiger partial charge in [0.2, 0.25) is 5.91 Å². The lowest BCUT2D eigenvalue weighted by Gasteiger charge is -2.19. The summed E-state index contributed by atoms with van der Waals surface area (Å²) in [5, 5.41) is 12.3. The Balaban J connectivity index is 1.59. The fourth-order valence-corrected chi connectivity index (χ4v) is 4.62. The van der Waals surface area contributed by atoms with Gasteiger partial charge in [-0.15, -0.1) is 10.2 Å². The molecule has 1 N–H and O–H groups in total. The van der Waals surface area contributed by atoms with Crippen LogP contribution in [0.1, 0.15) is 44.4 Å². The average molecular weight is 485 g/mol. The molecule has 1 amide bonds. The van der Waals surface area contributed by atoms with Gasteiger partial charge in [0.1, 0.15) is 0 Å². The first-order valence-electron chi connectivity index (χ1n) is 11.8. The Morgan fingerprint density at radius 2 is 1.60 bits per heavy atom. The summed E-state index contributed by atoms with van der Waals surface area (Å²) >= 11 is 1.40. The number of hydrogen-bond acceptors (Lipinski definition) is 4. The van der Waals surface area contributed by atoms with Crippen LogP contribution in [0.25, 0.3) is 17.1 Å². The van der Waals surface area contributed by atoms with Crippen molar-refractivity contribution < 1.29 is 4.79 Å². The number of anilines is 1. The highest BCUT2D eigenvalue weighted by molar-refractivity contribution is 8.00. The Labute approximate surface area is 212 Å². The minimum Gasteiger partial charge on any atom is -0.325 e. The summed E-state index contributed by atoms with van der Waals surface area (Å²) < 4.78 is 2.03. The fourth-order valence-electron chi connectivity index (χ4n) is 3.75. The third-order valence-electron chi connectivity index (χ3n) is 5.87. The molecule has 6 heteroatoms. The van der Waals surface area contributed by atoms with Crippen molar-refractivity contribution in [2.24, 2.45) is 0 Å². The van der Waals surface area contributed by atoms with Crippen molar-refractivity contribution in [1.82, 2.24) is 14.8 Å². The predicted molar refractivity (Wildman–Crippen MR) is 145 cm³/mol. The Bertz CT molecular complexity index is 1320. The maximum atomic E-state index is 13.0. The van der Waals surface area contributed by atoms with E-state index in [9.17, 15) is 4.79 Å². The van der Waals surface area contributed by atoms with E-state index >= 15 is 0 Å². The van der Waals surface area contributed by atoms with Crippen molar-refractivity contribution in [3.05, 3.63) is 89.5 Å². The van der Waals surface area contributed by atoms with Crippen molar-refractivity contribution in [2.75, 3.05) is 5.32 Å². The zero-order valence-electron chi connectivity index (χ0n) is 21.2. The molecule has 5 nitrogen and oxygen atoms in total. The Hall–Kier alpha value is -3.38. The largest absolute Gasteiger partial charge is 0.325 e. The zero-order chi connectivity index (χ0) is 25.2. The van der Waals surface area contributed by atoms with Gasteiger partial charge in [-0.05, 0) is 62.1 Å². The Morgan fingerprint density at radius 1 is 0.914 bits per heavy atom. The quantitative estimate of drug-likeness (QED) is 0.300. The molecular formula is C29H32N4OS. The molecule has 1 unspecified atom stereocenters. The second kappa shape index (κ2) is 10.1. The number of carbonyl (C=O) groups is 1. The number of hydrogen-bond donors (Lipinski definition) is 1. The predicted octanol–water partition coefficient (Wildman–Crippen LogP) is 6.97. The van der Waals surface area contributed by atoms with Crippen LogP contribution in [0.15, 0.2) is 78.0 Å². The topological polar surface area (TPSA) is 59.8 Å². The highest BCUT2D eigenvalue weighted by atomic mass is 32.2. The molecule has 0 aliphatic carbocycles. The summed E-state index contributed by atoms with van der Waals surface area (Å²) in [5.74, 6) is 0.680. The first-order chi connectivity index (χ1) is 16.6. The molecule has 180 valence electrons. The van der Waals surface area contributed by atoms with Crippen LogP contribution in [0.2, 0.25) is 0 Å². The van der Waals surface area contributed by atoms with E-state index in [0.29, 0.717) is 5.16 Å². The van der Waals surface area contributed by atoms with Gasteiger partial charge in [-0.2, -0.15) is 0 Å². The molecule has 4 rings (SSSR count). The Kier molecular flexibility index (Phi) is 7.13. The first-order valence-corrected chi connectivity index (χ1v) is 12.7. The molecular weight excluding hydrogens is 452 g/mol. The maximum absolute atomic E-state index is 13.0. The summed E-state index contributed by atoms with van der Waals surface area (Å²) in [6.45, 7) is 12.5. The van der Waals surface area contributed by atoms with Gasteiger partial charge < -0.3 is 5.32 Å². The number of nitrogens with zero attached hydrogens (tertiary/aromatic N) is 3. The zero-order valence-corrected chi connectivity index (χ0v) is 22.0. The molecule has 0 saturated heterocycles. The van der Waals surface area contributed by atoms with Crippen LogP contribution >= 0.6 is 11.8 Å². The fraction of sp³-hybridized carbons (Fsp3) is 0.276. The Morgan fingerprint density at radius 3 is 2.23 bits per heavy atom. The minimum atomic E-state index is -0.365. The summed E-state index contributed by atoms with van der Waals surface area (Å²) in [7, 11) is 0. The third-order valence-corrected chi connectivity index (χ3v) is 6.91. The standard InChI is InChI=1S/C29H32N4OS/c1-19-10-16-25(17-11-19)33-26(22-9-7-8-20(2)18-22)31-32-28(33)35-21(3)27(34)30-24-14-12-23(13-15-24)29(4,5)6/h7-18,21H,1-6H3,(H,30,34). The molecule has 0 fully saturated rings. The number of carbonyl (C=O) groups excluding carboxylic acids is 1. The molecule has 0 spiro atoms. The van der Waals surface area contributed by atoms with Gasteiger partial charge >= 0.3 is 0 Å². The molecule has 1 heterocycles. The average Bonchev–Trinajstić information content (AvgIpc) is 3.22. The van der Waals surface area contributed by atoms with Crippen LogP contribution in [0.5, 0.6) is 0 Å². The normalized spacial score (nSPS) is 12.4. The molecule has 35 heavy (non-hydrogen) atoms. The van der Waals surface area contributed by atoms with Crippen LogP contribution in [-0.2, 0) is 10.2 Å². The molecule has 0 bridgehead atoms. The van der Waals surface area contributed by atoms with Gasteiger partial charge in [0.25, 0.3) is 0 Å². The number of rotatable bonds is 6. The number of benzene rings is 3. The van der Waals surface area contributed by atoms with Gasteiger partial charge in [-0.1, -0.05) is 86.1 Å². The van der Waals surface area contributed by atoms with Crippen molar-refractivity contribution in [1.29, 1.82) is 0 Å². The van der Waals surface area contributed by atoms with E-state index in [4.69, 9.17) is 0 Å². The highest BCUT2D eigenvalue weighted by Crippen LogP contribution is 2.31. The highest BCUT2D eigenvalue weighted by Gasteiger charge is 2.22. The number of aryl methyl sites for hydroxylation is 2. The number of aromatic nitrogens is 3. The second-order valence-corrected chi connectivity index (χ2v) is 11.2. The van der Waals surface area contributed by atoms with Crippen molar-refractivity contribution in [3.63, 3.8) is 0 Å². The van der Waals surface area contributed by atoms with Gasteiger partial charge in [0.05, 0.1) is 5.25 Å². The van der Waals surface area contributed by atoms with E-state index in [-0.39, 0.29) is 16.6 Å². The molecule has 4 aromatic rings. The van der Waals surface area contributed by atoms with Gasteiger partial charge in [0, 0.05) is 16.9 Å². The second-order valence-electron chi connectivity index (χ2n) is 9.92. The summed E-state index contributed by atoms with van der Waals surface area (Å²) in [6, 6.07) is 24.5. The molecule has 3 aromatic carbocycles.